The monoisotopic (exact) mass is 488 g/mol. The molecular formula is C23H19F3N4O3S. The molecule has 4 aromatic rings. The van der Waals surface area contributed by atoms with Gasteiger partial charge < -0.3 is 20.4 Å². The first-order valence-electron chi connectivity index (χ1n) is 10.1. The molecule has 0 radical (unpaired) electrons. The molecular weight excluding hydrogens is 469 g/mol. The number of pyridine rings is 1. The Hall–Kier alpha value is -3.86. The number of carbonyl (C=O) groups excluding carboxylic acids is 2. The molecule has 3 N–H and O–H groups in total. The van der Waals surface area contributed by atoms with Crippen molar-refractivity contribution in [1.82, 2.24) is 15.3 Å². The number of aromatic amines is 1. The van der Waals surface area contributed by atoms with Gasteiger partial charge >= 0.3 is 6.18 Å². The van der Waals surface area contributed by atoms with Crippen LogP contribution in [0.5, 0.6) is 5.88 Å². The van der Waals surface area contributed by atoms with Gasteiger partial charge in [-0.05, 0) is 29.1 Å². The molecule has 0 aliphatic rings. The number of aromatic nitrogens is 2. The number of fused-ring (bicyclic) bond motifs is 1. The fraction of sp³-hybridized carbons (Fsp3) is 0.174. The van der Waals surface area contributed by atoms with Gasteiger partial charge in [-0.1, -0.05) is 24.3 Å². The predicted octanol–water partition coefficient (Wildman–Crippen LogP) is 4.55. The van der Waals surface area contributed by atoms with Gasteiger partial charge in [0.15, 0.2) is 6.61 Å². The second-order valence-electron chi connectivity index (χ2n) is 7.35. The SMILES string of the molecule is O=C(NC(Cc1c[nH]c2ccccc12)C(=O)Nc1ccc(OCC(F)(F)F)nc1)c1cccs1. The highest BCUT2D eigenvalue weighted by atomic mass is 32.1. The maximum absolute atomic E-state index is 13.1. The number of hydrogen-bond donors (Lipinski definition) is 3. The van der Waals surface area contributed by atoms with Gasteiger partial charge in [-0.3, -0.25) is 9.59 Å². The zero-order valence-corrected chi connectivity index (χ0v) is 18.4. The van der Waals surface area contributed by atoms with E-state index in [9.17, 15) is 22.8 Å². The molecule has 0 spiro atoms. The molecule has 4 rings (SSSR count). The molecule has 0 bridgehead atoms. The molecule has 0 aliphatic heterocycles. The third-order valence-electron chi connectivity index (χ3n) is 4.85. The molecule has 0 fully saturated rings. The summed E-state index contributed by atoms with van der Waals surface area (Å²) in [7, 11) is 0. The summed E-state index contributed by atoms with van der Waals surface area (Å²) in [6.45, 7) is -1.47. The largest absolute Gasteiger partial charge is 0.468 e. The number of halogens is 3. The van der Waals surface area contributed by atoms with E-state index in [2.05, 4.69) is 25.3 Å². The van der Waals surface area contributed by atoms with Crippen LogP contribution in [0.4, 0.5) is 18.9 Å². The van der Waals surface area contributed by atoms with Crippen LogP contribution in [-0.2, 0) is 11.2 Å². The van der Waals surface area contributed by atoms with Crippen molar-refractivity contribution in [2.45, 2.75) is 18.6 Å². The Kier molecular flexibility index (Phi) is 6.82. The number of nitrogens with zero attached hydrogens (tertiary/aromatic N) is 1. The molecule has 7 nitrogen and oxygen atoms in total. The standard InChI is InChI=1S/C23H19F3N4O3S/c24-23(25,26)13-33-20-8-7-15(12-28-20)29-21(31)18(30-22(32)19-6-3-9-34-19)10-14-11-27-17-5-2-1-4-16(14)17/h1-9,11-12,18,27H,10,13H2,(H,29,31)(H,30,32). The fourth-order valence-corrected chi connectivity index (χ4v) is 3.92. The number of benzene rings is 1. The van der Waals surface area contributed by atoms with Crippen molar-refractivity contribution in [3.05, 3.63) is 76.7 Å². The highest BCUT2D eigenvalue weighted by Crippen LogP contribution is 2.21. The van der Waals surface area contributed by atoms with Crippen LogP contribution >= 0.6 is 11.3 Å². The van der Waals surface area contributed by atoms with Gasteiger partial charge in [0.25, 0.3) is 5.91 Å². The predicted molar refractivity (Wildman–Crippen MR) is 122 cm³/mol. The minimum Gasteiger partial charge on any atom is -0.468 e. The van der Waals surface area contributed by atoms with Crippen LogP contribution in [-0.4, -0.2) is 40.6 Å². The lowest BCUT2D eigenvalue weighted by Gasteiger charge is -2.18. The van der Waals surface area contributed by atoms with E-state index in [1.807, 2.05) is 24.3 Å². The molecule has 1 atom stereocenters. The summed E-state index contributed by atoms with van der Waals surface area (Å²) in [6.07, 6.45) is -1.29. The number of amides is 2. The number of anilines is 1. The van der Waals surface area contributed by atoms with Gasteiger partial charge in [-0.2, -0.15) is 13.2 Å². The molecule has 34 heavy (non-hydrogen) atoms. The van der Waals surface area contributed by atoms with E-state index < -0.39 is 24.7 Å². The van der Waals surface area contributed by atoms with Gasteiger partial charge in [-0.15, -0.1) is 11.3 Å². The van der Waals surface area contributed by atoms with Gasteiger partial charge in [0.1, 0.15) is 6.04 Å². The quantitative estimate of drug-likeness (QED) is 0.339. The Bertz CT molecular complexity index is 1270. The molecule has 1 unspecified atom stereocenters. The Balaban J connectivity index is 1.49. The number of H-pyrrole nitrogens is 1. The molecule has 176 valence electrons. The molecule has 0 saturated heterocycles. The number of alkyl halides is 3. The number of rotatable bonds is 8. The average molecular weight is 488 g/mol. The summed E-state index contributed by atoms with van der Waals surface area (Å²) in [5.41, 5.74) is 2.00. The Morgan fingerprint density at radius 2 is 1.94 bits per heavy atom. The zero-order chi connectivity index (χ0) is 24.1. The van der Waals surface area contributed by atoms with Crippen molar-refractivity contribution in [2.24, 2.45) is 0 Å². The van der Waals surface area contributed by atoms with E-state index in [0.717, 1.165) is 16.5 Å². The Morgan fingerprint density at radius 1 is 1.12 bits per heavy atom. The first-order valence-corrected chi connectivity index (χ1v) is 11.0. The second kappa shape index (κ2) is 9.96. The summed E-state index contributed by atoms with van der Waals surface area (Å²) in [5, 5.41) is 8.11. The van der Waals surface area contributed by atoms with Crippen molar-refractivity contribution in [3.63, 3.8) is 0 Å². The minimum absolute atomic E-state index is 0.215. The van der Waals surface area contributed by atoms with Gasteiger partial charge in [-0.25, -0.2) is 4.98 Å². The van der Waals surface area contributed by atoms with Crippen molar-refractivity contribution >= 4 is 39.7 Å². The zero-order valence-electron chi connectivity index (χ0n) is 17.6. The summed E-state index contributed by atoms with van der Waals surface area (Å²) < 4.78 is 41.5. The molecule has 0 saturated carbocycles. The van der Waals surface area contributed by atoms with Crippen LogP contribution in [0.25, 0.3) is 10.9 Å². The lowest BCUT2D eigenvalue weighted by atomic mass is 10.0. The summed E-state index contributed by atoms with van der Waals surface area (Å²) >= 11 is 1.25. The summed E-state index contributed by atoms with van der Waals surface area (Å²) in [5.74, 6) is -1.11. The minimum atomic E-state index is -4.48. The average Bonchev–Trinajstić information content (AvgIpc) is 3.48. The molecule has 0 aliphatic carbocycles. The van der Waals surface area contributed by atoms with E-state index in [1.54, 1.807) is 23.7 Å². The fourth-order valence-electron chi connectivity index (χ4n) is 3.29. The van der Waals surface area contributed by atoms with Crippen LogP contribution in [0, 0.1) is 0 Å². The maximum Gasteiger partial charge on any atom is 0.422 e. The van der Waals surface area contributed by atoms with Crippen molar-refractivity contribution in [3.8, 4) is 5.88 Å². The van der Waals surface area contributed by atoms with Gasteiger partial charge in [0.2, 0.25) is 11.8 Å². The van der Waals surface area contributed by atoms with Crippen LogP contribution < -0.4 is 15.4 Å². The van der Waals surface area contributed by atoms with Crippen LogP contribution in [0.1, 0.15) is 15.2 Å². The van der Waals surface area contributed by atoms with E-state index in [1.165, 1.54) is 29.7 Å². The number of thiophene rings is 1. The maximum atomic E-state index is 13.1. The topological polar surface area (TPSA) is 96.1 Å². The van der Waals surface area contributed by atoms with Crippen LogP contribution in [0.15, 0.2) is 66.3 Å². The molecule has 3 aromatic heterocycles. The highest BCUT2D eigenvalue weighted by molar-refractivity contribution is 7.12. The smallest absolute Gasteiger partial charge is 0.422 e. The number of carbonyl (C=O) groups is 2. The molecule has 3 heterocycles. The lowest BCUT2D eigenvalue weighted by Crippen LogP contribution is -2.45. The number of nitrogens with one attached hydrogen (secondary N) is 3. The number of para-hydroxylation sites is 1. The molecule has 2 amide bonds. The van der Waals surface area contributed by atoms with Crippen molar-refractivity contribution in [1.29, 1.82) is 0 Å². The van der Waals surface area contributed by atoms with Gasteiger partial charge in [0, 0.05) is 29.6 Å². The normalized spacial score (nSPS) is 12.3. The highest BCUT2D eigenvalue weighted by Gasteiger charge is 2.28. The third kappa shape index (κ3) is 5.93. The second-order valence-corrected chi connectivity index (χ2v) is 8.29. The molecule has 11 heteroatoms. The van der Waals surface area contributed by atoms with Crippen molar-refractivity contribution in [2.75, 3.05) is 11.9 Å². The Labute approximate surface area is 196 Å². The first-order chi connectivity index (χ1) is 16.3. The Morgan fingerprint density at radius 3 is 2.65 bits per heavy atom. The summed E-state index contributed by atoms with van der Waals surface area (Å²) in [6, 6.07) is 12.7. The first kappa shape index (κ1) is 23.3. The third-order valence-corrected chi connectivity index (χ3v) is 5.72. The van der Waals surface area contributed by atoms with Crippen molar-refractivity contribution < 1.29 is 27.5 Å². The lowest BCUT2D eigenvalue weighted by molar-refractivity contribution is -0.154. The van der Waals surface area contributed by atoms with E-state index in [4.69, 9.17) is 0 Å². The number of hydrogen-bond acceptors (Lipinski definition) is 5. The number of ether oxygens (including phenoxy) is 1. The van der Waals surface area contributed by atoms with E-state index in [-0.39, 0.29) is 23.9 Å². The van der Waals surface area contributed by atoms with Crippen LogP contribution in [0.3, 0.4) is 0 Å². The van der Waals surface area contributed by atoms with Gasteiger partial charge in [0.05, 0.1) is 16.8 Å². The van der Waals surface area contributed by atoms with Crippen LogP contribution in [0.2, 0.25) is 0 Å². The molecule has 1 aromatic carbocycles. The van der Waals surface area contributed by atoms with E-state index >= 15 is 0 Å². The van der Waals surface area contributed by atoms with E-state index in [0.29, 0.717) is 4.88 Å². The summed E-state index contributed by atoms with van der Waals surface area (Å²) in [4.78, 5) is 33.1.